The number of benzene rings is 1. The number of hydrogen-bond donors (Lipinski definition) is 2. The summed E-state index contributed by atoms with van der Waals surface area (Å²) >= 11 is 0. The van der Waals surface area contributed by atoms with Gasteiger partial charge in [-0.05, 0) is 11.6 Å². The molecule has 1 fully saturated rings. The lowest BCUT2D eigenvalue weighted by Crippen LogP contribution is -2.56. The van der Waals surface area contributed by atoms with Crippen LogP contribution in [0.5, 0.6) is 0 Å². The van der Waals surface area contributed by atoms with Gasteiger partial charge in [-0.15, -0.1) is 0 Å². The zero-order chi connectivity index (χ0) is 15.4. The molecule has 1 aromatic carbocycles. The summed E-state index contributed by atoms with van der Waals surface area (Å²) in [5.74, 6) is -0.964. The van der Waals surface area contributed by atoms with Gasteiger partial charge in [-0.3, -0.25) is 19.8 Å². The van der Waals surface area contributed by atoms with Crippen LogP contribution in [0, 0.1) is 15.9 Å². The Labute approximate surface area is 121 Å². The molecule has 0 bridgehead atoms. The number of nitrogens with zero attached hydrogens (tertiary/aromatic N) is 2. The van der Waals surface area contributed by atoms with E-state index < -0.39 is 16.4 Å². The maximum atomic E-state index is 13.6. The van der Waals surface area contributed by atoms with Crippen LogP contribution in [0.4, 0.5) is 10.1 Å². The fraction of sp³-hybridized carbons (Fsp3) is 0.462. The molecule has 1 atom stereocenters. The second-order valence-corrected chi connectivity index (χ2v) is 4.85. The van der Waals surface area contributed by atoms with Crippen LogP contribution in [0.1, 0.15) is 5.56 Å². The van der Waals surface area contributed by atoms with E-state index in [1.807, 2.05) is 4.90 Å². The smallest absolute Gasteiger partial charge is 0.304 e. The van der Waals surface area contributed by atoms with Crippen molar-refractivity contribution >= 4 is 11.6 Å². The molecule has 1 heterocycles. The molecule has 1 amide bonds. The van der Waals surface area contributed by atoms with E-state index in [9.17, 15) is 19.3 Å². The topological polar surface area (TPSA) is 87.5 Å². The van der Waals surface area contributed by atoms with Gasteiger partial charge in [0, 0.05) is 39.3 Å². The highest BCUT2D eigenvalue weighted by molar-refractivity contribution is 5.81. The van der Waals surface area contributed by atoms with E-state index in [1.54, 1.807) is 7.05 Å². The number of carbonyl (C=O) groups is 1. The molecule has 21 heavy (non-hydrogen) atoms. The van der Waals surface area contributed by atoms with Crippen molar-refractivity contribution < 1.29 is 14.1 Å². The summed E-state index contributed by atoms with van der Waals surface area (Å²) in [6.45, 7) is 2.28. The summed E-state index contributed by atoms with van der Waals surface area (Å²) in [4.78, 5) is 23.6. The molecule has 1 aliphatic heterocycles. The summed E-state index contributed by atoms with van der Waals surface area (Å²) in [5, 5.41) is 16.3. The van der Waals surface area contributed by atoms with E-state index in [4.69, 9.17) is 0 Å². The van der Waals surface area contributed by atoms with Gasteiger partial charge >= 0.3 is 5.69 Å². The number of hydrogen-bond acceptors (Lipinski definition) is 5. The third-order valence-corrected chi connectivity index (χ3v) is 3.50. The van der Waals surface area contributed by atoms with E-state index in [2.05, 4.69) is 10.6 Å². The summed E-state index contributed by atoms with van der Waals surface area (Å²) in [5.41, 5.74) is 0.0656. The van der Waals surface area contributed by atoms with Gasteiger partial charge in [0.2, 0.25) is 11.7 Å². The minimum Gasteiger partial charge on any atom is -0.358 e. The van der Waals surface area contributed by atoms with Crippen LogP contribution in [0.25, 0.3) is 0 Å². The Morgan fingerprint density at radius 3 is 3.00 bits per heavy atom. The zero-order valence-corrected chi connectivity index (χ0v) is 11.6. The maximum absolute atomic E-state index is 13.6. The van der Waals surface area contributed by atoms with Crippen molar-refractivity contribution in [2.24, 2.45) is 0 Å². The fourth-order valence-electron chi connectivity index (χ4n) is 2.39. The standard InChI is InChI=1S/C13H17FN4O3/c1-15-13(19)12-7-16-4-5-17(12)8-9-2-3-11(18(20)21)10(14)6-9/h2-3,6,12,16H,4-5,7-8H2,1H3,(H,15,19). The number of amides is 1. The van der Waals surface area contributed by atoms with Gasteiger partial charge in [-0.25, -0.2) is 0 Å². The quantitative estimate of drug-likeness (QED) is 0.614. The highest BCUT2D eigenvalue weighted by atomic mass is 19.1. The van der Waals surface area contributed by atoms with Crippen LogP contribution >= 0.6 is 0 Å². The lowest BCUT2D eigenvalue weighted by molar-refractivity contribution is -0.387. The molecule has 7 nitrogen and oxygen atoms in total. The van der Waals surface area contributed by atoms with Gasteiger partial charge < -0.3 is 10.6 Å². The first-order chi connectivity index (χ1) is 10.0. The molecule has 1 unspecified atom stereocenters. The largest absolute Gasteiger partial charge is 0.358 e. The van der Waals surface area contributed by atoms with Gasteiger partial charge in [-0.1, -0.05) is 6.07 Å². The summed E-state index contributed by atoms with van der Waals surface area (Å²) in [6, 6.07) is 3.49. The number of nitrogens with one attached hydrogen (secondary N) is 2. The van der Waals surface area contributed by atoms with Crippen molar-refractivity contribution in [1.29, 1.82) is 0 Å². The van der Waals surface area contributed by atoms with E-state index in [0.717, 1.165) is 18.7 Å². The van der Waals surface area contributed by atoms with Crippen molar-refractivity contribution in [3.63, 3.8) is 0 Å². The third-order valence-electron chi connectivity index (χ3n) is 3.50. The van der Waals surface area contributed by atoms with Crippen molar-refractivity contribution in [3.05, 3.63) is 39.7 Å². The Balaban J connectivity index is 2.14. The van der Waals surface area contributed by atoms with Gasteiger partial charge in [0.15, 0.2) is 0 Å². The molecule has 0 aromatic heterocycles. The number of carbonyl (C=O) groups excluding carboxylic acids is 1. The van der Waals surface area contributed by atoms with Crippen LogP contribution in [0.3, 0.4) is 0 Å². The summed E-state index contributed by atoms with van der Waals surface area (Å²) < 4.78 is 13.6. The summed E-state index contributed by atoms with van der Waals surface area (Å²) in [6.07, 6.45) is 0. The molecular weight excluding hydrogens is 279 g/mol. The lowest BCUT2D eigenvalue weighted by atomic mass is 10.1. The molecular formula is C13H17FN4O3. The number of piperazine rings is 1. The van der Waals surface area contributed by atoms with Crippen LogP contribution in [0.2, 0.25) is 0 Å². The van der Waals surface area contributed by atoms with Gasteiger partial charge in [-0.2, -0.15) is 4.39 Å². The van der Waals surface area contributed by atoms with E-state index in [0.29, 0.717) is 25.2 Å². The second-order valence-electron chi connectivity index (χ2n) is 4.85. The Bertz CT molecular complexity index is 552. The first-order valence-corrected chi connectivity index (χ1v) is 6.62. The van der Waals surface area contributed by atoms with E-state index in [-0.39, 0.29) is 11.9 Å². The van der Waals surface area contributed by atoms with Gasteiger partial charge in [0.05, 0.1) is 4.92 Å². The number of nitro groups is 1. The fourth-order valence-corrected chi connectivity index (χ4v) is 2.39. The molecule has 0 aliphatic carbocycles. The maximum Gasteiger partial charge on any atom is 0.304 e. The average molecular weight is 296 g/mol. The van der Waals surface area contributed by atoms with Crippen LogP contribution in [-0.2, 0) is 11.3 Å². The predicted octanol–water partition coefficient (Wildman–Crippen LogP) is 0.254. The Morgan fingerprint density at radius 2 is 2.38 bits per heavy atom. The average Bonchev–Trinajstić information content (AvgIpc) is 2.46. The molecule has 114 valence electrons. The molecule has 8 heteroatoms. The van der Waals surface area contributed by atoms with E-state index >= 15 is 0 Å². The van der Waals surface area contributed by atoms with E-state index in [1.165, 1.54) is 6.07 Å². The minimum atomic E-state index is -0.857. The number of likely N-dealkylation sites (N-methyl/N-ethyl adjacent to an activating group) is 1. The van der Waals surface area contributed by atoms with Gasteiger partial charge in [0.25, 0.3) is 0 Å². The molecule has 2 N–H and O–H groups in total. The second kappa shape index (κ2) is 6.59. The van der Waals surface area contributed by atoms with Crippen molar-refractivity contribution in [2.45, 2.75) is 12.6 Å². The highest BCUT2D eigenvalue weighted by Crippen LogP contribution is 2.20. The van der Waals surface area contributed by atoms with Gasteiger partial charge in [0.1, 0.15) is 6.04 Å². The van der Waals surface area contributed by atoms with Crippen LogP contribution < -0.4 is 10.6 Å². The highest BCUT2D eigenvalue weighted by Gasteiger charge is 2.28. The normalized spacial score (nSPS) is 19.2. The first-order valence-electron chi connectivity index (χ1n) is 6.62. The molecule has 1 saturated heterocycles. The van der Waals surface area contributed by atoms with Crippen molar-refractivity contribution in [1.82, 2.24) is 15.5 Å². The molecule has 2 rings (SSSR count). The third kappa shape index (κ3) is 3.53. The Kier molecular flexibility index (Phi) is 4.81. The van der Waals surface area contributed by atoms with Crippen LogP contribution in [-0.4, -0.2) is 48.5 Å². The molecule has 1 aromatic rings. The Hall–Kier alpha value is -2.06. The van der Waals surface area contributed by atoms with Crippen molar-refractivity contribution in [3.8, 4) is 0 Å². The van der Waals surface area contributed by atoms with Crippen molar-refractivity contribution in [2.75, 3.05) is 26.7 Å². The number of rotatable bonds is 4. The molecule has 1 aliphatic rings. The zero-order valence-electron chi connectivity index (χ0n) is 11.6. The Morgan fingerprint density at radius 1 is 1.62 bits per heavy atom. The SMILES string of the molecule is CNC(=O)C1CNCCN1Cc1ccc([N+](=O)[O-])c(F)c1. The first kappa shape index (κ1) is 15.3. The molecule has 0 spiro atoms. The lowest BCUT2D eigenvalue weighted by Gasteiger charge is -2.34. The number of halogens is 1. The molecule has 0 radical (unpaired) electrons. The number of nitro benzene ring substituents is 1. The minimum absolute atomic E-state index is 0.107. The molecule has 0 saturated carbocycles. The summed E-state index contributed by atoms with van der Waals surface area (Å²) in [7, 11) is 1.57. The monoisotopic (exact) mass is 296 g/mol. The predicted molar refractivity (Wildman–Crippen MR) is 74.2 cm³/mol. The van der Waals surface area contributed by atoms with Crippen LogP contribution in [0.15, 0.2) is 18.2 Å².